The summed E-state index contributed by atoms with van der Waals surface area (Å²) in [5.41, 5.74) is 0. The van der Waals surface area contributed by atoms with Crippen LogP contribution in [0, 0.1) is 12.0 Å². The molecule has 0 aliphatic rings. The molecule has 10 heavy (non-hydrogen) atoms. The number of pyridine rings is 1. The van der Waals surface area contributed by atoms with E-state index in [-0.39, 0.29) is 0 Å². The van der Waals surface area contributed by atoms with E-state index in [2.05, 4.69) is 24.7 Å². The molecule has 0 saturated heterocycles. The Morgan fingerprint density at radius 3 is 2.60 bits per heavy atom. The molecule has 0 aromatic carbocycles. The SMILES string of the molecule is Fc1[c-]cc(Cl)cn1.[Zn+][Br]. The van der Waals surface area contributed by atoms with Gasteiger partial charge in [0, 0.05) is 0 Å². The van der Waals surface area contributed by atoms with Crippen molar-refractivity contribution in [3.05, 3.63) is 29.3 Å². The first kappa shape index (κ1) is 10.5. The van der Waals surface area contributed by atoms with E-state index < -0.39 is 5.95 Å². The first-order valence-electron chi connectivity index (χ1n) is 2.24. The van der Waals surface area contributed by atoms with Gasteiger partial charge in [-0.2, -0.15) is 6.07 Å². The van der Waals surface area contributed by atoms with Gasteiger partial charge in [0.2, 0.25) is 0 Å². The topological polar surface area (TPSA) is 12.9 Å². The van der Waals surface area contributed by atoms with Gasteiger partial charge in [0.25, 0.3) is 0 Å². The summed E-state index contributed by atoms with van der Waals surface area (Å²) in [6.07, 6.45) is 1.23. The zero-order valence-electron chi connectivity index (χ0n) is 4.94. The molecule has 0 fully saturated rings. The fourth-order valence-electron chi connectivity index (χ4n) is 0.321. The average Bonchev–Trinajstić information content (AvgIpc) is 2.00. The van der Waals surface area contributed by atoms with Gasteiger partial charge in [-0.05, 0) is 6.20 Å². The van der Waals surface area contributed by atoms with Crippen LogP contribution in [0.3, 0.4) is 0 Å². The van der Waals surface area contributed by atoms with E-state index in [0.717, 1.165) is 0 Å². The molecule has 0 radical (unpaired) electrons. The molecule has 1 nitrogen and oxygen atoms in total. The normalized spacial score (nSPS) is 8.10. The molecule has 0 atom stereocenters. The van der Waals surface area contributed by atoms with E-state index in [4.69, 9.17) is 11.6 Å². The van der Waals surface area contributed by atoms with Gasteiger partial charge in [-0.15, -0.1) is 0 Å². The molecule has 5 heteroatoms. The average molecular weight is 276 g/mol. The van der Waals surface area contributed by atoms with Crippen molar-refractivity contribution in [2.45, 2.75) is 0 Å². The Bertz CT molecular complexity index is 161. The van der Waals surface area contributed by atoms with Gasteiger partial charge >= 0.3 is 30.0 Å². The fourth-order valence-corrected chi connectivity index (χ4v) is 0.425. The van der Waals surface area contributed by atoms with E-state index in [1.165, 1.54) is 28.6 Å². The number of halogens is 3. The summed E-state index contributed by atoms with van der Waals surface area (Å²) < 4.78 is 11.9. The summed E-state index contributed by atoms with van der Waals surface area (Å²) in [5.74, 6) is -0.630. The molecule has 0 amide bonds. The Kier molecular flexibility index (Phi) is 6.49. The summed E-state index contributed by atoms with van der Waals surface area (Å²) >= 11 is 9.60. The van der Waals surface area contributed by atoms with Crippen molar-refractivity contribution in [2.75, 3.05) is 0 Å². The molecule has 0 bridgehead atoms. The Labute approximate surface area is 80.0 Å². The summed E-state index contributed by atoms with van der Waals surface area (Å²) in [4.78, 5) is 3.22. The molecule has 0 unspecified atom stereocenters. The van der Waals surface area contributed by atoms with Crippen LogP contribution in [0.5, 0.6) is 0 Å². The summed E-state index contributed by atoms with van der Waals surface area (Å²) in [6.45, 7) is 0. The summed E-state index contributed by atoms with van der Waals surface area (Å²) in [5, 5.41) is 0.395. The van der Waals surface area contributed by atoms with E-state index in [0.29, 0.717) is 5.02 Å². The molecule has 1 heterocycles. The van der Waals surface area contributed by atoms with Crippen molar-refractivity contribution < 1.29 is 20.7 Å². The van der Waals surface area contributed by atoms with Gasteiger partial charge in [-0.1, -0.05) is 5.02 Å². The van der Waals surface area contributed by atoms with Gasteiger partial charge < -0.3 is 0 Å². The molecule has 50 valence electrons. The first-order chi connectivity index (χ1) is 4.79. The van der Waals surface area contributed by atoms with Crippen LogP contribution in [0.4, 0.5) is 4.39 Å². The fraction of sp³-hybridized carbons (Fsp3) is 0. The zero-order chi connectivity index (χ0) is 7.98. The Morgan fingerprint density at radius 2 is 2.30 bits per heavy atom. The van der Waals surface area contributed by atoms with Crippen LogP contribution in [0.1, 0.15) is 0 Å². The number of aromatic nitrogens is 1. The number of hydrogen-bond acceptors (Lipinski definition) is 1. The van der Waals surface area contributed by atoms with Crippen molar-refractivity contribution in [3.8, 4) is 0 Å². The molecule has 1 aromatic rings. The van der Waals surface area contributed by atoms with Gasteiger partial charge in [0.1, 0.15) is 5.95 Å². The minimum absolute atomic E-state index is 0.395. The van der Waals surface area contributed by atoms with Crippen molar-refractivity contribution in [1.82, 2.24) is 4.98 Å². The second-order valence-electron chi connectivity index (χ2n) is 1.22. The maximum atomic E-state index is 11.9. The molecule has 0 saturated carbocycles. The molecule has 1 aromatic heterocycles. The minimum atomic E-state index is -0.630. The Morgan fingerprint density at radius 1 is 1.70 bits per heavy atom. The quantitative estimate of drug-likeness (QED) is 0.403. The van der Waals surface area contributed by atoms with Crippen molar-refractivity contribution >= 4 is 25.2 Å². The van der Waals surface area contributed by atoms with Gasteiger partial charge in [-0.25, -0.2) is 22.1 Å². The number of nitrogens with zero attached hydrogens (tertiary/aromatic N) is 1. The maximum absolute atomic E-state index is 11.9. The van der Waals surface area contributed by atoms with Crippen LogP contribution < -0.4 is 0 Å². The van der Waals surface area contributed by atoms with E-state index in [1.54, 1.807) is 0 Å². The predicted molar refractivity (Wildman–Crippen MR) is 37.0 cm³/mol. The summed E-state index contributed by atoms with van der Waals surface area (Å²) in [7, 11) is 0. The van der Waals surface area contributed by atoms with E-state index in [1.807, 2.05) is 0 Å². The number of rotatable bonds is 0. The number of hydrogen-bond donors (Lipinski definition) is 0. The standard InChI is InChI=1S/C5H2ClFN.BrH.Zn/c6-4-1-2-5(7)8-3-4;;/h1,3H;1H;/q-1;;+2/p-1. The van der Waals surface area contributed by atoms with Gasteiger partial charge in [0.15, 0.2) is 0 Å². The third kappa shape index (κ3) is 4.31. The third-order valence-corrected chi connectivity index (χ3v) is 0.837. The van der Waals surface area contributed by atoms with E-state index >= 15 is 0 Å². The Hall–Kier alpha value is 0.473. The van der Waals surface area contributed by atoms with Crippen LogP contribution >= 0.6 is 25.2 Å². The van der Waals surface area contributed by atoms with Crippen LogP contribution in [0.25, 0.3) is 0 Å². The van der Waals surface area contributed by atoms with Crippen molar-refractivity contribution in [2.24, 2.45) is 0 Å². The van der Waals surface area contributed by atoms with Crippen molar-refractivity contribution in [3.63, 3.8) is 0 Å². The van der Waals surface area contributed by atoms with E-state index in [9.17, 15) is 4.39 Å². The molecular formula is C5H2BrClFNZn. The van der Waals surface area contributed by atoms with Gasteiger partial charge in [-0.3, -0.25) is 4.98 Å². The second kappa shape index (κ2) is 6.20. The molecular weight excluding hydrogens is 274 g/mol. The van der Waals surface area contributed by atoms with Gasteiger partial charge in [0.05, 0.1) is 0 Å². The van der Waals surface area contributed by atoms with Crippen LogP contribution in [0.15, 0.2) is 12.3 Å². The van der Waals surface area contributed by atoms with Crippen LogP contribution in [0.2, 0.25) is 5.02 Å². The molecule has 0 spiro atoms. The first-order valence-corrected chi connectivity index (χ1v) is 9.57. The molecule has 1 rings (SSSR count). The predicted octanol–water partition coefficient (Wildman–Crippen LogP) is 2.52. The molecule has 0 aliphatic carbocycles. The summed E-state index contributed by atoms with van der Waals surface area (Å²) in [6, 6.07) is 3.51. The van der Waals surface area contributed by atoms with Crippen molar-refractivity contribution in [1.29, 1.82) is 0 Å². The monoisotopic (exact) mass is 273 g/mol. The molecule has 0 aliphatic heterocycles. The van der Waals surface area contributed by atoms with Crippen LogP contribution in [-0.2, 0) is 16.3 Å². The zero-order valence-corrected chi connectivity index (χ0v) is 10.3. The second-order valence-corrected chi connectivity index (χ2v) is 1.66. The van der Waals surface area contributed by atoms with Crippen LogP contribution in [-0.4, -0.2) is 4.98 Å². The Balaban J connectivity index is 0.000000371. The molecule has 0 N–H and O–H groups in total. The third-order valence-electron chi connectivity index (χ3n) is 0.630.